The molecule has 0 radical (unpaired) electrons. The van der Waals surface area contributed by atoms with Crippen LogP contribution in [-0.2, 0) is 0 Å². The summed E-state index contributed by atoms with van der Waals surface area (Å²) in [4.78, 5) is 3.90. The molecule has 0 saturated carbocycles. The molecule has 0 atom stereocenters. The Hall–Kier alpha value is -1.42. The zero-order chi connectivity index (χ0) is 11.1. The molecule has 1 aromatic carbocycles. The summed E-state index contributed by atoms with van der Waals surface area (Å²) >= 11 is 0. The van der Waals surface area contributed by atoms with E-state index >= 15 is 0 Å². The summed E-state index contributed by atoms with van der Waals surface area (Å²) in [5.41, 5.74) is 6.42. The molecule has 5 heteroatoms. The molecule has 0 amide bonds. The van der Waals surface area contributed by atoms with Crippen LogP contribution in [0.25, 0.3) is 0 Å². The monoisotopic (exact) mass is 331 g/mol. The number of aliphatic imine (C=N–C) groups is 1. The Labute approximate surface area is 112 Å². The van der Waals surface area contributed by atoms with Crippen molar-refractivity contribution in [2.45, 2.75) is 0 Å². The Kier molecular flexibility index (Phi) is 7.12. The van der Waals surface area contributed by atoms with Gasteiger partial charge in [0.1, 0.15) is 12.3 Å². The maximum Gasteiger partial charge on any atom is 0.194 e. The molecule has 1 rings (SSSR count). The van der Waals surface area contributed by atoms with E-state index in [1.807, 2.05) is 24.3 Å². The molecule has 0 unspecified atom stereocenters. The van der Waals surface area contributed by atoms with Crippen molar-refractivity contribution in [3.8, 4) is 18.1 Å². The number of methoxy groups -OCH3 is 1. The highest BCUT2D eigenvalue weighted by molar-refractivity contribution is 14.0. The number of nitrogens with one attached hydrogen (secondary N) is 1. The fourth-order valence-electron chi connectivity index (χ4n) is 0.993. The number of guanidine groups is 1. The van der Waals surface area contributed by atoms with Crippen molar-refractivity contribution >= 4 is 35.6 Å². The van der Waals surface area contributed by atoms with E-state index in [9.17, 15) is 0 Å². The van der Waals surface area contributed by atoms with Gasteiger partial charge in [-0.3, -0.25) is 0 Å². The van der Waals surface area contributed by atoms with Gasteiger partial charge in [-0.25, -0.2) is 4.99 Å². The average molecular weight is 331 g/mol. The molecule has 0 spiro atoms. The van der Waals surface area contributed by atoms with E-state index in [2.05, 4.69) is 16.2 Å². The van der Waals surface area contributed by atoms with E-state index in [0.717, 1.165) is 11.4 Å². The van der Waals surface area contributed by atoms with Gasteiger partial charge >= 0.3 is 0 Å². The van der Waals surface area contributed by atoms with Crippen LogP contribution in [0.1, 0.15) is 0 Å². The summed E-state index contributed by atoms with van der Waals surface area (Å²) in [5.74, 6) is 3.47. The Morgan fingerprint density at radius 3 is 2.62 bits per heavy atom. The number of hydrogen-bond donors (Lipinski definition) is 2. The normalized spacial score (nSPS) is 9.88. The summed E-state index contributed by atoms with van der Waals surface area (Å²) in [6.45, 7) is 0.273. The molecule has 86 valence electrons. The second-order valence-electron chi connectivity index (χ2n) is 2.76. The Bertz CT molecular complexity index is 381. The van der Waals surface area contributed by atoms with E-state index in [1.54, 1.807) is 7.11 Å². The molecule has 0 aliphatic heterocycles. The smallest absolute Gasteiger partial charge is 0.194 e. The quantitative estimate of drug-likeness (QED) is 0.383. The standard InChI is InChI=1S/C11H13N3O.HI/c1-3-8-13-11(12)14-9-4-6-10(15-2)7-5-9;/h1,4-7H,8H2,2H3,(H3,12,13,14);1H. The summed E-state index contributed by atoms with van der Waals surface area (Å²) in [6.07, 6.45) is 5.05. The number of benzene rings is 1. The summed E-state index contributed by atoms with van der Waals surface area (Å²) in [5, 5.41) is 2.90. The molecule has 0 fully saturated rings. The van der Waals surface area contributed by atoms with Gasteiger partial charge in [-0.2, -0.15) is 0 Å². The van der Waals surface area contributed by atoms with Crippen molar-refractivity contribution in [1.29, 1.82) is 0 Å². The number of nitrogens with two attached hydrogens (primary N) is 1. The van der Waals surface area contributed by atoms with Crippen LogP contribution in [0.3, 0.4) is 0 Å². The van der Waals surface area contributed by atoms with Gasteiger partial charge in [-0.15, -0.1) is 30.4 Å². The average Bonchev–Trinajstić information content (AvgIpc) is 2.27. The summed E-state index contributed by atoms with van der Waals surface area (Å²) < 4.78 is 5.02. The molecule has 0 aliphatic rings. The van der Waals surface area contributed by atoms with Gasteiger partial charge in [0.15, 0.2) is 5.96 Å². The van der Waals surface area contributed by atoms with E-state index in [4.69, 9.17) is 16.9 Å². The predicted octanol–water partition coefficient (Wildman–Crippen LogP) is 1.67. The van der Waals surface area contributed by atoms with E-state index in [-0.39, 0.29) is 30.5 Å². The number of ether oxygens (including phenoxy) is 1. The first kappa shape index (κ1) is 14.6. The Morgan fingerprint density at radius 1 is 1.50 bits per heavy atom. The topological polar surface area (TPSA) is 59.6 Å². The second kappa shape index (κ2) is 7.82. The van der Waals surface area contributed by atoms with Crippen molar-refractivity contribution in [2.75, 3.05) is 19.0 Å². The van der Waals surface area contributed by atoms with Crippen LogP contribution in [0.2, 0.25) is 0 Å². The lowest BCUT2D eigenvalue weighted by Gasteiger charge is -2.05. The summed E-state index contributed by atoms with van der Waals surface area (Å²) in [7, 11) is 1.62. The summed E-state index contributed by atoms with van der Waals surface area (Å²) in [6, 6.07) is 7.35. The Morgan fingerprint density at radius 2 is 2.12 bits per heavy atom. The van der Waals surface area contributed by atoms with Crippen LogP contribution in [0, 0.1) is 12.3 Å². The molecule has 0 aliphatic carbocycles. The minimum Gasteiger partial charge on any atom is -0.497 e. The fraction of sp³-hybridized carbons (Fsp3) is 0.182. The van der Waals surface area contributed by atoms with E-state index in [1.165, 1.54) is 0 Å². The lowest BCUT2D eigenvalue weighted by atomic mass is 10.3. The van der Waals surface area contributed by atoms with Crippen molar-refractivity contribution in [3.63, 3.8) is 0 Å². The molecule has 0 heterocycles. The molecule has 16 heavy (non-hydrogen) atoms. The lowest BCUT2D eigenvalue weighted by molar-refractivity contribution is 0.415. The van der Waals surface area contributed by atoms with E-state index < -0.39 is 0 Å². The number of hydrogen-bond acceptors (Lipinski definition) is 2. The van der Waals surface area contributed by atoms with Crippen molar-refractivity contribution in [1.82, 2.24) is 0 Å². The lowest BCUT2D eigenvalue weighted by Crippen LogP contribution is -2.22. The van der Waals surface area contributed by atoms with Gasteiger partial charge in [0.25, 0.3) is 0 Å². The second-order valence-corrected chi connectivity index (χ2v) is 2.76. The number of halogens is 1. The predicted molar refractivity (Wildman–Crippen MR) is 77.4 cm³/mol. The minimum atomic E-state index is 0. The third kappa shape index (κ3) is 4.89. The van der Waals surface area contributed by atoms with Gasteiger partial charge in [0, 0.05) is 5.69 Å². The number of nitrogens with zero attached hydrogens (tertiary/aromatic N) is 1. The number of terminal acetylenes is 1. The maximum absolute atomic E-state index is 5.57. The van der Waals surface area contributed by atoms with Crippen molar-refractivity contribution < 1.29 is 4.74 Å². The first-order valence-electron chi connectivity index (χ1n) is 4.40. The van der Waals surface area contributed by atoms with E-state index in [0.29, 0.717) is 5.96 Å². The van der Waals surface area contributed by atoms with Crippen LogP contribution in [-0.4, -0.2) is 19.6 Å². The maximum atomic E-state index is 5.57. The van der Waals surface area contributed by atoms with Crippen molar-refractivity contribution in [2.24, 2.45) is 10.7 Å². The largest absolute Gasteiger partial charge is 0.497 e. The minimum absolute atomic E-state index is 0. The molecule has 1 aromatic rings. The highest BCUT2D eigenvalue weighted by atomic mass is 127. The molecule has 0 bridgehead atoms. The van der Waals surface area contributed by atoms with Crippen LogP contribution in [0.15, 0.2) is 29.3 Å². The van der Waals surface area contributed by atoms with Crippen LogP contribution >= 0.6 is 24.0 Å². The first-order chi connectivity index (χ1) is 7.26. The van der Waals surface area contributed by atoms with Gasteiger partial charge in [0.2, 0.25) is 0 Å². The fourth-order valence-corrected chi connectivity index (χ4v) is 0.993. The third-order valence-corrected chi connectivity index (χ3v) is 1.70. The van der Waals surface area contributed by atoms with Crippen molar-refractivity contribution in [3.05, 3.63) is 24.3 Å². The molecular formula is C11H14IN3O. The SMILES string of the molecule is C#CCN=C(N)Nc1ccc(OC)cc1.I. The first-order valence-corrected chi connectivity index (χ1v) is 4.40. The molecule has 0 aromatic heterocycles. The number of anilines is 1. The van der Waals surface area contributed by atoms with Gasteiger partial charge in [0.05, 0.1) is 7.11 Å². The van der Waals surface area contributed by atoms with Gasteiger partial charge in [-0.1, -0.05) is 5.92 Å². The van der Waals surface area contributed by atoms with Crippen LogP contribution in [0.4, 0.5) is 5.69 Å². The molecule has 0 saturated heterocycles. The zero-order valence-electron chi connectivity index (χ0n) is 8.93. The third-order valence-electron chi connectivity index (χ3n) is 1.70. The van der Waals surface area contributed by atoms with Crippen LogP contribution in [0.5, 0.6) is 5.75 Å². The highest BCUT2D eigenvalue weighted by Gasteiger charge is 1.94. The zero-order valence-corrected chi connectivity index (χ0v) is 11.3. The van der Waals surface area contributed by atoms with Gasteiger partial charge in [-0.05, 0) is 24.3 Å². The highest BCUT2D eigenvalue weighted by Crippen LogP contribution is 2.14. The van der Waals surface area contributed by atoms with Gasteiger partial charge < -0.3 is 15.8 Å². The molecule has 3 N–H and O–H groups in total. The molecule has 4 nitrogen and oxygen atoms in total. The van der Waals surface area contributed by atoms with Crippen LogP contribution < -0.4 is 15.8 Å². The number of rotatable bonds is 3. The Balaban J connectivity index is 0.00000225. The molecular weight excluding hydrogens is 317 g/mol.